The molecule has 0 N–H and O–H groups in total. The topological polar surface area (TPSA) is 26.0 Å². The van der Waals surface area contributed by atoms with Crippen LogP contribution in [-0.4, -0.2) is 4.98 Å². The molecule has 0 aliphatic heterocycles. The number of aromatic nitrogens is 1. The van der Waals surface area contributed by atoms with Crippen molar-refractivity contribution in [1.29, 1.82) is 0 Å². The predicted molar refractivity (Wildman–Crippen MR) is 51.4 cm³/mol. The Bertz CT molecular complexity index is 403. The van der Waals surface area contributed by atoms with Crippen LogP contribution >= 0.6 is 0 Å². The van der Waals surface area contributed by atoms with E-state index in [0.717, 1.165) is 17.1 Å². The summed E-state index contributed by atoms with van der Waals surface area (Å²) < 4.78 is 5.57. The second-order valence-corrected chi connectivity index (χ2v) is 3.11. The molecular weight excluding hydrogens is 162 g/mol. The van der Waals surface area contributed by atoms with Gasteiger partial charge in [0.25, 0.3) is 0 Å². The highest BCUT2D eigenvalue weighted by atomic mass is 16.3. The van der Waals surface area contributed by atoms with Gasteiger partial charge in [-0.2, -0.15) is 0 Å². The standard InChI is InChI=1S/C11H11NO/c1-8-7-9(2)13-11(8)10-3-5-12-6-4-10/h3-7H,1-2H3. The van der Waals surface area contributed by atoms with Gasteiger partial charge >= 0.3 is 0 Å². The molecule has 2 rings (SSSR count). The normalized spacial score (nSPS) is 10.3. The maximum Gasteiger partial charge on any atom is 0.137 e. The lowest BCUT2D eigenvalue weighted by atomic mass is 10.1. The number of rotatable bonds is 1. The van der Waals surface area contributed by atoms with Gasteiger partial charge in [-0.15, -0.1) is 0 Å². The first-order valence-corrected chi connectivity index (χ1v) is 4.25. The Balaban J connectivity index is 2.53. The molecule has 0 saturated heterocycles. The van der Waals surface area contributed by atoms with E-state index in [1.165, 1.54) is 5.56 Å². The zero-order valence-corrected chi connectivity index (χ0v) is 7.74. The van der Waals surface area contributed by atoms with Crippen LogP contribution in [0.15, 0.2) is 35.0 Å². The van der Waals surface area contributed by atoms with Crippen LogP contribution < -0.4 is 0 Å². The summed E-state index contributed by atoms with van der Waals surface area (Å²) in [6.45, 7) is 4.00. The third-order valence-electron chi connectivity index (χ3n) is 1.98. The van der Waals surface area contributed by atoms with Gasteiger partial charge in [-0.25, -0.2) is 0 Å². The van der Waals surface area contributed by atoms with Gasteiger partial charge in [0.1, 0.15) is 11.5 Å². The summed E-state index contributed by atoms with van der Waals surface area (Å²) in [5, 5.41) is 0. The molecule has 0 spiro atoms. The van der Waals surface area contributed by atoms with Crippen molar-refractivity contribution in [1.82, 2.24) is 4.98 Å². The highest BCUT2D eigenvalue weighted by molar-refractivity contribution is 5.60. The molecule has 2 heteroatoms. The summed E-state index contributed by atoms with van der Waals surface area (Å²) in [4.78, 5) is 3.97. The summed E-state index contributed by atoms with van der Waals surface area (Å²) in [7, 11) is 0. The molecule has 66 valence electrons. The SMILES string of the molecule is Cc1cc(C)c(-c2ccncc2)o1. The molecule has 0 atom stereocenters. The monoisotopic (exact) mass is 173 g/mol. The first-order chi connectivity index (χ1) is 6.27. The van der Waals surface area contributed by atoms with E-state index in [-0.39, 0.29) is 0 Å². The van der Waals surface area contributed by atoms with Crippen molar-refractivity contribution >= 4 is 0 Å². The van der Waals surface area contributed by atoms with Crippen LogP contribution in [0, 0.1) is 13.8 Å². The fourth-order valence-electron chi connectivity index (χ4n) is 1.43. The molecule has 2 nitrogen and oxygen atoms in total. The van der Waals surface area contributed by atoms with E-state index in [9.17, 15) is 0 Å². The zero-order valence-electron chi connectivity index (χ0n) is 7.74. The van der Waals surface area contributed by atoms with E-state index in [2.05, 4.69) is 4.98 Å². The van der Waals surface area contributed by atoms with Crippen molar-refractivity contribution in [3.8, 4) is 11.3 Å². The van der Waals surface area contributed by atoms with Crippen LogP contribution in [0.4, 0.5) is 0 Å². The van der Waals surface area contributed by atoms with E-state index in [1.807, 2.05) is 32.0 Å². The number of aryl methyl sites for hydroxylation is 2. The molecule has 0 amide bonds. The van der Waals surface area contributed by atoms with Crippen molar-refractivity contribution in [2.75, 3.05) is 0 Å². The summed E-state index contributed by atoms with van der Waals surface area (Å²) >= 11 is 0. The average molecular weight is 173 g/mol. The van der Waals surface area contributed by atoms with Crippen LogP contribution in [0.3, 0.4) is 0 Å². The first-order valence-electron chi connectivity index (χ1n) is 4.25. The van der Waals surface area contributed by atoms with Gasteiger partial charge in [-0.1, -0.05) is 0 Å². The maximum absolute atomic E-state index is 5.57. The van der Waals surface area contributed by atoms with Gasteiger partial charge in [0, 0.05) is 18.0 Å². The van der Waals surface area contributed by atoms with Crippen LogP contribution in [0.25, 0.3) is 11.3 Å². The molecule has 0 radical (unpaired) electrons. The molecule has 0 unspecified atom stereocenters. The van der Waals surface area contributed by atoms with Crippen LogP contribution in [0.5, 0.6) is 0 Å². The van der Waals surface area contributed by atoms with Gasteiger partial charge < -0.3 is 4.42 Å². The molecule has 13 heavy (non-hydrogen) atoms. The Morgan fingerprint density at radius 2 is 1.85 bits per heavy atom. The van der Waals surface area contributed by atoms with Gasteiger partial charge in [0.05, 0.1) is 0 Å². The molecule has 2 aromatic heterocycles. The van der Waals surface area contributed by atoms with Crippen molar-refractivity contribution in [2.24, 2.45) is 0 Å². The minimum absolute atomic E-state index is 0.944. The number of nitrogens with zero attached hydrogens (tertiary/aromatic N) is 1. The summed E-state index contributed by atoms with van der Waals surface area (Å²) in [5.41, 5.74) is 2.25. The molecule has 0 bridgehead atoms. The van der Waals surface area contributed by atoms with Crippen molar-refractivity contribution in [3.05, 3.63) is 41.9 Å². The minimum atomic E-state index is 0.944. The van der Waals surface area contributed by atoms with Crippen molar-refractivity contribution in [3.63, 3.8) is 0 Å². The van der Waals surface area contributed by atoms with Crippen LogP contribution in [-0.2, 0) is 0 Å². The molecule has 2 heterocycles. The van der Waals surface area contributed by atoms with Crippen LogP contribution in [0.1, 0.15) is 11.3 Å². The van der Waals surface area contributed by atoms with Gasteiger partial charge in [0.2, 0.25) is 0 Å². The summed E-state index contributed by atoms with van der Waals surface area (Å²) in [5.74, 6) is 1.89. The Morgan fingerprint density at radius 3 is 2.38 bits per heavy atom. The number of furan rings is 1. The fourth-order valence-corrected chi connectivity index (χ4v) is 1.43. The van der Waals surface area contributed by atoms with E-state index in [4.69, 9.17) is 4.42 Å². The Morgan fingerprint density at radius 1 is 1.15 bits per heavy atom. The van der Waals surface area contributed by atoms with E-state index in [1.54, 1.807) is 12.4 Å². The van der Waals surface area contributed by atoms with E-state index < -0.39 is 0 Å². The summed E-state index contributed by atoms with van der Waals surface area (Å²) in [6.07, 6.45) is 3.54. The van der Waals surface area contributed by atoms with Gasteiger partial charge in [-0.05, 0) is 37.6 Å². The van der Waals surface area contributed by atoms with E-state index >= 15 is 0 Å². The van der Waals surface area contributed by atoms with Crippen molar-refractivity contribution < 1.29 is 4.42 Å². The summed E-state index contributed by atoms with van der Waals surface area (Å²) in [6, 6.07) is 5.94. The van der Waals surface area contributed by atoms with Crippen molar-refractivity contribution in [2.45, 2.75) is 13.8 Å². The highest BCUT2D eigenvalue weighted by Crippen LogP contribution is 2.25. The predicted octanol–water partition coefficient (Wildman–Crippen LogP) is 2.96. The number of hydrogen-bond acceptors (Lipinski definition) is 2. The fraction of sp³-hybridized carbons (Fsp3) is 0.182. The second-order valence-electron chi connectivity index (χ2n) is 3.11. The third-order valence-corrected chi connectivity index (χ3v) is 1.98. The van der Waals surface area contributed by atoms with E-state index in [0.29, 0.717) is 0 Å². The zero-order chi connectivity index (χ0) is 9.26. The first kappa shape index (κ1) is 8.05. The molecule has 0 aliphatic rings. The molecule has 0 aliphatic carbocycles. The smallest absolute Gasteiger partial charge is 0.137 e. The number of hydrogen-bond donors (Lipinski definition) is 0. The molecule has 0 aromatic carbocycles. The highest BCUT2D eigenvalue weighted by Gasteiger charge is 2.06. The minimum Gasteiger partial charge on any atom is -0.461 e. The molecule has 0 fully saturated rings. The van der Waals surface area contributed by atoms with Gasteiger partial charge in [0.15, 0.2) is 0 Å². The lowest BCUT2D eigenvalue weighted by molar-refractivity contribution is 0.547. The molecule has 2 aromatic rings. The Kier molecular flexibility index (Phi) is 1.89. The second kappa shape index (κ2) is 3.05. The van der Waals surface area contributed by atoms with Crippen LogP contribution in [0.2, 0.25) is 0 Å². The lowest BCUT2D eigenvalue weighted by Crippen LogP contribution is -1.76. The lowest BCUT2D eigenvalue weighted by Gasteiger charge is -1.96. The Labute approximate surface area is 77.2 Å². The maximum atomic E-state index is 5.57. The average Bonchev–Trinajstić information content (AvgIpc) is 2.47. The van der Waals surface area contributed by atoms with Gasteiger partial charge in [-0.3, -0.25) is 4.98 Å². The Hall–Kier alpha value is -1.57. The number of pyridine rings is 1. The molecule has 0 saturated carbocycles. The quantitative estimate of drug-likeness (QED) is 0.662. The largest absolute Gasteiger partial charge is 0.461 e. The molecular formula is C11H11NO. The third kappa shape index (κ3) is 1.47.